The predicted molar refractivity (Wildman–Crippen MR) is 126 cm³/mol. The maximum atomic E-state index is 13.2. The van der Waals surface area contributed by atoms with E-state index in [1.807, 2.05) is 13.0 Å². The number of ether oxygens (including phenoxy) is 1. The van der Waals surface area contributed by atoms with Crippen LogP contribution in [-0.4, -0.2) is 38.0 Å². The maximum absolute atomic E-state index is 13.2. The topological polar surface area (TPSA) is 145 Å². The van der Waals surface area contributed by atoms with E-state index >= 15 is 0 Å². The van der Waals surface area contributed by atoms with Crippen LogP contribution in [0.5, 0.6) is 0 Å². The SMILES string of the molecule is CCOCCCn1c(=NC(=O)c2ccccc2[N+](=O)[O-])c(C#N)cc2c(=O)n3ccccc3nc21. The molecule has 4 rings (SSSR count). The molecule has 1 amide bonds. The quantitative estimate of drug-likeness (QED) is 0.174. The average Bonchev–Trinajstić information content (AvgIpc) is 2.87. The first-order valence-corrected chi connectivity index (χ1v) is 10.8. The molecular weight excluding hydrogens is 452 g/mol. The van der Waals surface area contributed by atoms with Crippen LogP contribution in [0.2, 0.25) is 0 Å². The summed E-state index contributed by atoms with van der Waals surface area (Å²) in [6.07, 6.45) is 2.06. The van der Waals surface area contributed by atoms with Crippen LogP contribution in [0.15, 0.2) is 64.5 Å². The number of carbonyl (C=O) groups excluding carboxylic acids is 1. The van der Waals surface area contributed by atoms with Gasteiger partial charge < -0.3 is 9.30 Å². The van der Waals surface area contributed by atoms with Crippen molar-refractivity contribution in [1.82, 2.24) is 14.0 Å². The molecule has 0 unspecified atom stereocenters. The van der Waals surface area contributed by atoms with Gasteiger partial charge in [0.25, 0.3) is 17.2 Å². The molecule has 176 valence electrons. The Morgan fingerprint density at radius 3 is 2.77 bits per heavy atom. The Balaban J connectivity index is 2.02. The minimum absolute atomic E-state index is 0.0318. The first-order chi connectivity index (χ1) is 17.0. The van der Waals surface area contributed by atoms with E-state index in [2.05, 4.69) is 9.98 Å². The highest BCUT2D eigenvalue weighted by Gasteiger charge is 2.20. The average molecular weight is 472 g/mol. The Hall–Kier alpha value is -4.69. The minimum Gasteiger partial charge on any atom is -0.382 e. The van der Waals surface area contributed by atoms with Gasteiger partial charge in [-0.05, 0) is 37.6 Å². The zero-order chi connectivity index (χ0) is 24.9. The van der Waals surface area contributed by atoms with E-state index in [9.17, 15) is 25.0 Å². The molecule has 0 saturated heterocycles. The van der Waals surface area contributed by atoms with Gasteiger partial charge in [-0.3, -0.25) is 24.1 Å². The smallest absolute Gasteiger partial charge is 0.285 e. The summed E-state index contributed by atoms with van der Waals surface area (Å²) in [5.74, 6) is -0.885. The van der Waals surface area contributed by atoms with Gasteiger partial charge in [0.1, 0.15) is 22.9 Å². The third kappa shape index (κ3) is 4.55. The van der Waals surface area contributed by atoms with E-state index in [1.165, 1.54) is 39.3 Å². The van der Waals surface area contributed by atoms with Crippen molar-refractivity contribution in [3.05, 3.63) is 91.8 Å². The molecule has 0 aliphatic rings. The number of benzene rings is 1. The normalized spacial score (nSPS) is 11.6. The third-order valence-corrected chi connectivity index (χ3v) is 5.32. The molecule has 11 heteroatoms. The Kier molecular flexibility index (Phi) is 6.75. The van der Waals surface area contributed by atoms with Gasteiger partial charge in [0.15, 0.2) is 5.49 Å². The highest BCUT2D eigenvalue weighted by Crippen LogP contribution is 2.18. The summed E-state index contributed by atoms with van der Waals surface area (Å²) >= 11 is 0. The molecule has 11 nitrogen and oxygen atoms in total. The van der Waals surface area contributed by atoms with Crippen LogP contribution < -0.4 is 11.0 Å². The molecule has 0 spiro atoms. The lowest BCUT2D eigenvalue weighted by atomic mass is 10.1. The number of nitrogens with zero attached hydrogens (tertiary/aromatic N) is 6. The number of nitro benzene ring substituents is 1. The zero-order valence-corrected chi connectivity index (χ0v) is 18.7. The van der Waals surface area contributed by atoms with Gasteiger partial charge in [-0.1, -0.05) is 18.2 Å². The number of nitro groups is 1. The molecule has 4 aromatic rings. The van der Waals surface area contributed by atoms with Gasteiger partial charge in [-0.25, -0.2) is 4.98 Å². The summed E-state index contributed by atoms with van der Waals surface area (Å²) in [4.78, 5) is 45.6. The van der Waals surface area contributed by atoms with Crippen molar-refractivity contribution in [3.63, 3.8) is 0 Å². The number of pyridine rings is 2. The molecule has 35 heavy (non-hydrogen) atoms. The summed E-state index contributed by atoms with van der Waals surface area (Å²) in [6, 6.07) is 13.9. The van der Waals surface area contributed by atoms with Crippen LogP contribution in [0, 0.1) is 21.4 Å². The number of hydrogen-bond acceptors (Lipinski definition) is 7. The second kappa shape index (κ2) is 10.1. The lowest BCUT2D eigenvalue weighted by Crippen LogP contribution is -2.30. The van der Waals surface area contributed by atoms with Crippen LogP contribution in [0.25, 0.3) is 16.7 Å². The number of amides is 1. The van der Waals surface area contributed by atoms with Gasteiger partial charge in [-0.2, -0.15) is 10.3 Å². The minimum atomic E-state index is -0.885. The van der Waals surface area contributed by atoms with Crippen molar-refractivity contribution >= 4 is 28.3 Å². The van der Waals surface area contributed by atoms with E-state index < -0.39 is 16.5 Å². The van der Waals surface area contributed by atoms with E-state index in [0.717, 1.165) is 0 Å². The van der Waals surface area contributed by atoms with Crippen LogP contribution in [0.1, 0.15) is 29.3 Å². The fraction of sp³-hybridized carbons (Fsp3) is 0.208. The Morgan fingerprint density at radius 1 is 1.26 bits per heavy atom. The highest BCUT2D eigenvalue weighted by atomic mass is 16.6. The number of hydrogen-bond donors (Lipinski definition) is 0. The zero-order valence-electron chi connectivity index (χ0n) is 18.7. The fourth-order valence-electron chi connectivity index (χ4n) is 3.73. The Bertz CT molecular complexity index is 1630. The van der Waals surface area contributed by atoms with Gasteiger partial charge in [0.2, 0.25) is 0 Å². The summed E-state index contributed by atoms with van der Waals surface area (Å²) in [7, 11) is 0. The summed E-state index contributed by atoms with van der Waals surface area (Å²) < 4.78 is 8.30. The number of aromatic nitrogens is 3. The molecule has 3 aromatic heterocycles. The van der Waals surface area contributed by atoms with Crippen LogP contribution >= 0.6 is 0 Å². The number of para-hydroxylation sites is 1. The molecular formula is C24H20N6O5. The maximum Gasteiger partial charge on any atom is 0.285 e. The number of fused-ring (bicyclic) bond motifs is 2. The van der Waals surface area contributed by atoms with E-state index in [0.29, 0.717) is 25.3 Å². The molecule has 3 heterocycles. The molecule has 0 atom stereocenters. The highest BCUT2D eigenvalue weighted by molar-refractivity contribution is 5.98. The van der Waals surface area contributed by atoms with E-state index in [4.69, 9.17) is 4.74 Å². The van der Waals surface area contributed by atoms with Crippen molar-refractivity contribution in [2.75, 3.05) is 13.2 Å². The number of aryl methyl sites for hydroxylation is 1. The van der Waals surface area contributed by atoms with Crippen LogP contribution in [-0.2, 0) is 11.3 Å². The van der Waals surface area contributed by atoms with Crippen molar-refractivity contribution in [2.45, 2.75) is 19.9 Å². The van der Waals surface area contributed by atoms with E-state index in [-0.39, 0.29) is 39.8 Å². The first-order valence-electron chi connectivity index (χ1n) is 10.8. The molecule has 0 N–H and O–H groups in total. The summed E-state index contributed by atoms with van der Waals surface area (Å²) in [6.45, 7) is 3.01. The van der Waals surface area contributed by atoms with Gasteiger partial charge in [0, 0.05) is 32.0 Å². The molecule has 0 radical (unpaired) electrons. The third-order valence-electron chi connectivity index (χ3n) is 5.32. The molecule has 0 aliphatic heterocycles. The fourth-order valence-corrected chi connectivity index (χ4v) is 3.73. The number of carbonyl (C=O) groups is 1. The Morgan fingerprint density at radius 2 is 2.03 bits per heavy atom. The largest absolute Gasteiger partial charge is 0.382 e. The summed E-state index contributed by atoms with van der Waals surface area (Å²) in [5, 5.41) is 21.4. The second-order valence-corrected chi connectivity index (χ2v) is 7.47. The van der Waals surface area contributed by atoms with Crippen LogP contribution in [0.3, 0.4) is 0 Å². The lowest BCUT2D eigenvalue weighted by Gasteiger charge is -2.13. The molecule has 0 fully saturated rings. The molecule has 0 bridgehead atoms. The number of nitriles is 1. The predicted octanol–water partition coefficient (Wildman–Crippen LogP) is 2.60. The summed E-state index contributed by atoms with van der Waals surface area (Å²) in [5.41, 5.74) is -0.436. The van der Waals surface area contributed by atoms with Crippen molar-refractivity contribution in [2.24, 2.45) is 4.99 Å². The monoisotopic (exact) mass is 472 g/mol. The standard InChI is InChI=1S/C24H20N6O5/c1-2-35-13-7-12-29-21(27-23(31)17-8-3-4-9-19(17)30(33)34)16(15-25)14-18-22(29)26-20-10-5-6-11-28(20)24(18)32/h3-6,8-11,14H,2,7,12-13H2,1H3. The van der Waals surface area contributed by atoms with Crippen LogP contribution in [0.4, 0.5) is 5.69 Å². The number of rotatable bonds is 7. The molecule has 1 aromatic carbocycles. The van der Waals surface area contributed by atoms with Gasteiger partial charge in [0.05, 0.1) is 15.9 Å². The Labute approximate surface area is 198 Å². The first kappa shape index (κ1) is 23.5. The van der Waals surface area contributed by atoms with E-state index in [1.54, 1.807) is 24.4 Å². The van der Waals surface area contributed by atoms with Crippen molar-refractivity contribution in [1.29, 1.82) is 5.26 Å². The molecule has 0 saturated carbocycles. The molecule has 0 aliphatic carbocycles. The lowest BCUT2D eigenvalue weighted by molar-refractivity contribution is -0.385. The van der Waals surface area contributed by atoms with Gasteiger partial charge >= 0.3 is 0 Å². The van der Waals surface area contributed by atoms with Crippen molar-refractivity contribution < 1.29 is 14.5 Å². The van der Waals surface area contributed by atoms with Crippen molar-refractivity contribution in [3.8, 4) is 6.07 Å². The van der Waals surface area contributed by atoms with Gasteiger partial charge in [-0.15, -0.1) is 0 Å². The second-order valence-electron chi connectivity index (χ2n) is 7.47.